The smallest absolute Gasteiger partial charge is 0.108 e. The lowest BCUT2D eigenvalue weighted by Crippen LogP contribution is -2.08. The van der Waals surface area contributed by atoms with Crippen LogP contribution in [0.4, 0.5) is 0 Å². The predicted octanol–water partition coefficient (Wildman–Crippen LogP) is 1.56. The summed E-state index contributed by atoms with van der Waals surface area (Å²) in [6, 6.07) is 1.94. The first-order valence-electron chi connectivity index (χ1n) is 3.51. The predicted molar refractivity (Wildman–Crippen MR) is 40.6 cm³/mol. The van der Waals surface area contributed by atoms with E-state index in [1.54, 1.807) is 0 Å². The molecular formula is C8H10N2O. The molecule has 0 amide bonds. The van der Waals surface area contributed by atoms with Crippen LogP contribution in [-0.2, 0) is 0 Å². The molecule has 0 fully saturated rings. The number of hydrogen-bond donors (Lipinski definition) is 1. The lowest BCUT2D eigenvalue weighted by molar-refractivity contribution is 0.557. The molecule has 0 aliphatic carbocycles. The van der Waals surface area contributed by atoms with Gasteiger partial charge in [-0.15, -0.1) is 0 Å². The second kappa shape index (κ2) is 3.22. The summed E-state index contributed by atoms with van der Waals surface area (Å²) in [5, 5.41) is 8.59. The van der Waals surface area contributed by atoms with Crippen LogP contribution in [0, 0.1) is 11.3 Å². The van der Waals surface area contributed by atoms with Gasteiger partial charge in [0.25, 0.3) is 0 Å². The maximum atomic E-state index is 8.59. The molecule has 11 heavy (non-hydrogen) atoms. The highest BCUT2D eigenvalue weighted by Gasteiger charge is 2.10. The second-order valence-electron chi connectivity index (χ2n) is 2.37. The van der Waals surface area contributed by atoms with E-state index in [1.807, 2.05) is 13.0 Å². The molecule has 0 radical (unpaired) electrons. The van der Waals surface area contributed by atoms with Crippen molar-refractivity contribution in [3.05, 3.63) is 23.7 Å². The SMILES string of the molecule is CC[C@H](N)c1cocc1C#N. The molecule has 0 aliphatic heterocycles. The van der Waals surface area contributed by atoms with Crippen LogP contribution in [0.3, 0.4) is 0 Å². The fraction of sp³-hybridized carbons (Fsp3) is 0.375. The van der Waals surface area contributed by atoms with Gasteiger partial charge in [0, 0.05) is 11.6 Å². The van der Waals surface area contributed by atoms with Gasteiger partial charge in [-0.1, -0.05) is 6.92 Å². The number of nitrogens with two attached hydrogens (primary N) is 1. The number of furan rings is 1. The van der Waals surface area contributed by atoms with Crippen molar-refractivity contribution < 1.29 is 4.42 Å². The normalized spacial score (nSPS) is 12.5. The fourth-order valence-corrected chi connectivity index (χ4v) is 0.905. The van der Waals surface area contributed by atoms with Crippen LogP contribution in [0.2, 0.25) is 0 Å². The lowest BCUT2D eigenvalue weighted by atomic mass is 10.1. The van der Waals surface area contributed by atoms with Crippen LogP contribution >= 0.6 is 0 Å². The molecule has 0 aromatic carbocycles. The fourth-order valence-electron chi connectivity index (χ4n) is 0.905. The van der Waals surface area contributed by atoms with E-state index in [0.29, 0.717) is 5.56 Å². The van der Waals surface area contributed by atoms with Gasteiger partial charge >= 0.3 is 0 Å². The van der Waals surface area contributed by atoms with E-state index < -0.39 is 0 Å². The third-order valence-electron chi connectivity index (χ3n) is 1.65. The van der Waals surface area contributed by atoms with E-state index in [0.717, 1.165) is 12.0 Å². The van der Waals surface area contributed by atoms with E-state index >= 15 is 0 Å². The van der Waals surface area contributed by atoms with Crippen molar-refractivity contribution in [2.24, 2.45) is 5.73 Å². The summed E-state index contributed by atoms with van der Waals surface area (Å²) in [5.74, 6) is 0. The standard InChI is InChI=1S/C8H10N2O/c1-2-8(10)7-5-11-4-6(7)3-9/h4-5,8H,2,10H2,1H3/t8-/m0/s1. The van der Waals surface area contributed by atoms with Crippen molar-refractivity contribution in [3.8, 4) is 6.07 Å². The van der Waals surface area contributed by atoms with Crippen molar-refractivity contribution >= 4 is 0 Å². The molecule has 1 aromatic rings. The van der Waals surface area contributed by atoms with Gasteiger partial charge in [-0.05, 0) is 6.42 Å². The molecule has 0 saturated heterocycles. The Morgan fingerprint density at radius 3 is 3.00 bits per heavy atom. The number of nitrogens with zero attached hydrogens (tertiary/aromatic N) is 1. The van der Waals surface area contributed by atoms with Crippen molar-refractivity contribution in [2.75, 3.05) is 0 Å². The third kappa shape index (κ3) is 1.41. The Balaban J connectivity index is 2.95. The van der Waals surface area contributed by atoms with Gasteiger partial charge in [0.05, 0.1) is 11.8 Å². The van der Waals surface area contributed by atoms with E-state index in [4.69, 9.17) is 15.4 Å². The summed E-state index contributed by atoms with van der Waals surface area (Å²) in [4.78, 5) is 0. The van der Waals surface area contributed by atoms with Crippen LogP contribution in [-0.4, -0.2) is 0 Å². The maximum Gasteiger partial charge on any atom is 0.108 e. The van der Waals surface area contributed by atoms with E-state index in [9.17, 15) is 0 Å². The van der Waals surface area contributed by atoms with E-state index in [2.05, 4.69) is 0 Å². The number of rotatable bonds is 2. The van der Waals surface area contributed by atoms with Gasteiger partial charge < -0.3 is 10.2 Å². The summed E-state index contributed by atoms with van der Waals surface area (Å²) in [5.41, 5.74) is 7.05. The van der Waals surface area contributed by atoms with Gasteiger partial charge in [0.2, 0.25) is 0 Å². The van der Waals surface area contributed by atoms with Gasteiger partial charge in [0.1, 0.15) is 12.3 Å². The third-order valence-corrected chi connectivity index (χ3v) is 1.65. The molecule has 0 aliphatic rings. The van der Waals surface area contributed by atoms with Gasteiger partial charge in [-0.25, -0.2) is 0 Å². The first-order valence-corrected chi connectivity index (χ1v) is 3.51. The van der Waals surface area contributed by atoms with E-state index in [-0.39, 0.29) is 6.04 Å². The highest BCUT2D eigenvalue weighted by molar-refractivity contribution is 5.35. The first kappa shape index (κ1) is 7.83. The van der Waals surface area contributed by atoms with Crippen molar-refractivity contribution in [1.82, 2.24) is 0 Å². The van der Waals surface area contributed by atoms with Gasteiger partial charge in [-0.3, -0.25) is 0 Å². The zero-order valence-corrected chi connectivity index (χ0v) is 6.37. The minimum Gasteiger partial charge on any atom is -0.471 e. The molecule has 2 N–H and O–H groups in total. The highest BCUT2D eigenvalue weighted by atomic mass is 16.3. The van der Waals surface area contributed by atoms with Crippen molar-refractivity contribution in [3.63, 3.8) is 0 Å². The average molecular weight is 150 g/mol. The Bertz CT molecular complexity index is 272. The summed E-state index contributed by atoms with van der Waals surface area (Å²) < 4.78 is 4.86. The van der Waals surface area contributed by atoms with E-state index in [1.165, 1.54) is 12.5 Å². The molecule has 1 aromatic heterocycles. The summed E-state index contributed by atoms with van der Waals surface area (Å²) in [7, 11) is 0. The Hall–Kier alpha value is -1.27. The van der Waals surface area contributed by atoms with Gasteiger partial charge in [-0.2, -0.15) is 5.26 Å². The topological polar surface area (TPSA) is 62.9 Å². The first-order chi connectivity index (χ1) is 5.29. The van der Waals surface area contributed by atoms with Crippen LogP contribution in [0.1, 0.15) is 30.5 Å². The zero-order valence-electron chi connectivity index (χ0n) is 6.37. The molecule has 3 heteroatoms. The largest absolute Gasteiger partial charge is 0.471 e. The second-order valence-corrected chi connectivity index (χ2v) is 2.37. The minimum atomic E-state index is -0.0802. The Labute approximate surface area is 65.4 Å². The molecule has 0 saturated carbocycles. The number of nitriles is 1. The molecule has 58 valence electrons. The quantitative estimate of drug-likeness (QED) is 0.695. The van der Waals surface area contributed by atoms with Crippen LogP contribution in [0.5, 0.6) is 0 Å². The number of hydrogen-bond acceptors (Lipinski definition) is 3. The molecule has 0 bridgehead atoms. The molecule has 0 unspecified atom stereocenters. The highest BCUT2D eigenvalue weighted by Crippen LogP contribution is 2.18. The monoisotopic (exact) mass is 150 g/mol. The van der Waals surface area contributed by atoms with Crippen molar-refractivity contribution in [1.29, 1.82) is 5.26 Å². The van der Waals surface area contributed by atoms with Crippen LogP contribution in [0.25, 0.3) is 0 Å². The molecule has 0 spiro atoms. The van der Waals surface area contributed by atoms with Crippen LogP contribution in [0.15, 0.2) is 16.9 Å². The average Bonchev–Trinajstić information content (AvgIpc) is 2.50. The Morgan fingerprint density at radius 2 is 2.45 bits per heavy atom. The minimum absolute atomic E-state index is 0.0802. The molecule has 1 atom stereocenters. The zero-order chi connectivity index (χ0) is 8.27. The molecule has 1 rings (SSSR count). The maximum absolute atomic E-state index is 8.59. The summed E-state index contributed by atoms with van der Waals surface area (Å²) in [6.07, 6.45) is 3.77. The summed E-state index contributed by atoms with van der Waals surface area (Å²) in [6.45, 7) is 1.97. The Kier molecular flexibility index (Phi) is 2.29. The molecule has 1 heterocycles. The Morgan fingerprint density at radius 1 is 1.73 bits per heavy atom. The van der Waals surface area contributed by atoms with Gasteiger partial charge in [0.15, 0.2) is 0 Å². The molecular weight excluding hydrogens is 140 g/mol. The lowest BCUT2D eigenvalue weighted by Gasteiger charge is -2.04. The summed E-state index contributed by atoms with van der Waals surface area (Å²) >= 11 is 0. The molecule has 3 nitrogen and oxygen atoms in total. The van der Waals surface area contributed by atoms with Crippen molar-refractivity contribution in [2.45, 2.75) is 19.4 Å². The van der Waals surface area contributed by atoms with Crippen LogP contribution < -0.4 is 5.73 Å².